The summed E-state index contributed by atoms with van der Waals surface area (Å²) in [6.07, 6.45) is 4.58. The minimum Gasteiger partial charge on any atom is -0.126 e. The Morgan fingerprint density at radius 3 is 2.39 bits per heavy atom. The summed E-state index contributed by atoms with van der Waals surface area (Å²) in [6.45, 7) is 0. The molecule has 1 atom stereocenters. The molecular weight excluding hydrogens is 443 g/mol. The third-order valence-corrected chi connectivity index (χ3v) is 4.83. The third-order valence-electron chi connectivity index (χ3n) is 4.83. The van der Waals surface area contributed by atoms with Gasteiger partial charge in [0.1, 0.15) is 0 Å². The number of hydrogen-bond donors (Lipinski definition) is 0. The Morgan fingerprint density at radius 2 is 1.43 bits per heavy atom. The molecule has 0 nitrogen and oxygen atoms in total. The molecular formula is C22H15Hf-. The van der Waals surface area contributed by atoms with Crippen molar-refractivity contribution in [3.63, 3.8) is 0 Å². The fourth-order valence-electron chi connectivity index (χ4n) is 3.79. The van der Waals surface area contributed by atoms with Crippen LogP contribution in [-0.2, 0) is 25.8 Å². The SMILES string of the molecule is C1=CC(c2cccc3c2[cH-]c2ccccc23)c2ccccc21.[Hf]. The van der Waals surface area contributed by atoms with Gasteiger partial charge in [-0.25, -0.2) is 0 Å². The van der Waals surface area contributed by atoms with Gasteiger partial charge in [0.15, 0.2) is 0 Å². The van der Waals surface area contributed by atoms with Crippen molar-refractivity contribution in [1.29, 1.82) is 0 Å². The molecule has 0 saturated carbocycles. The zero-order valence-corrected chi connectivity index (χ0v) is 16.3. The molecule has 23 heavy (non-hydrogen) atoms. The molecule has 0 heterocycles. The van der Waals surface area contributed by atoms with Crippen LogP contribution < -0.4 is 0 Å². The minimum atomic E-state index is 0. The summed E-state index contributed by atoms with van der Waals surface area (Å²) in [5.74, 6) is 0.372. The van der Waals surface area contributed by atoms with Crippen LogP contribution in [0.5, 0.6) is 0 Å². The number of hydrogen-bond acceptors (Lipinski definition) is 0. The molecule has 108 valence electrons. The van der Waals surface area contributed by atoms with E-state index in [-0.39, 0.29) is 25.8 Å². The predicted molar refractivity (Wildman–Crippen MR) is 94.4 cm³/mol. The summed E-state index contributed by atoms with van der Waals surface area (Å²) in [5, 5.41) is 5.44. The summed E-state index contributed by atoms with van der Waals surface area (Å²) in [7, 11) is 0. The average Bonchev–Trinajstić information content (AvgIpc) is 3.16. The Balaban J connectivity index is 0.00000135. The van der Waals surface area contributed by atoms with E-state index in [0.717, 1.165) is 0 Å². The fourth-order valence-corrected chi connectivity index (χ4v) is 3.79. The van der Waals surface area contributed by atoms with Gasteiger partial charge in [-0.2, -0.15) is 0 Å². The molecule has 4 aromatic rings. The number of fused-ring (bicyclic) bond motifs is 4. The monoisotopic (exact) mass is 459 g/mol. The van der Waals surface area contributed by atoms with Gasteiger partial charge in [0.05, 0.1) is 0 Å². The molecule has 0 N–H and O–H groups in total. The smallest absolute Gasteiger partial charge is 0.00121 e. The Labute approximate surface area is 154 Å². The van der Waals surface area contributed by atoms with Crippen LogP contribution in [0.25, 0.3) is 27.6 Å². The van der Waals surface area contributed by atoms with Crippen molar-refractivity contribution >= 4 is 27.6 Å². The van der Waals surface area contributed by atoms with Crippen molar-refractivity contribution in [2.75, 3.05) is 0 Å². The van der Waals surface area contributed by atoms with Gasteiger partial charge >= 0.3 is 0 Å². The van der Waals surface area contributed by atoms with Crippen LogP contribution in [0.1, 0.15) is 22.6 Å². The normalized spacial score (nSPS) is 15.7. The molecule has 0 saturated heterocycles. The van der Waals surface area contributed by atoms with E-state index in [0.29, 0.717) is 5.92 Å². The van der Waals surface area contributed by atoms with Crippen molar-refractivity contribution in [1.82, 2.24) is 0 Å². The summed E-state index contributed by atoms with van der Waals surface area (Å²) < 4.78 is 0. The first-order valence-corrected chi connectivity index (χ1v) is 7.76. The molecule has 0 spiro atoms. The van der Waals surface area contributed by atoms with E-state index in [9.17, 15) is 0 Å². The Morgan fingerprint density at radius 1 is 0.696 bits per heavy atom. The molecule has 5 rings (SSSR count). The zero-order valence-electron chi connectivity index (χ0n) is 12.7. The first kappa shape index (κ1) is 14.7. The Kier molecular flexibility index (Phi) is 3.61. The van der Waals surface area contributed by atoms with Gasteiger partial charge < -0.3 is 0 Å². The van der Waals surface area contributed by atoms with E-state index in [1.165, 1.54) is 38.2 Å². The maximum Gasteiger partial charge on any atom is 0.00121 e. The fraction of sp³-hybridized carbons (Fsp3) is 0.0455. The zero-order chi connectivity index (χ0) is 14.5. The van der Waals surface area contributed by atoms with Crippen molar-refractivity contribution in [2.45, 2.75) is 5.92 Å². The second-order valence-electron chi connectivity index (χ2n) is 6.01. The van der Waals surface area contributed by atoms with Gasteiger partial charge in [-0.05, 0) is 11.1 Å². The molecule has 1 unspecified atom stereocenters. The molecule has 0 radical (unpaired) electrons. The Bertz CT molecular complexity index is 1040. The summed E-state index contributed by atoms with van der Waals surface area (Å²) in [6, 6.07) is 26.4. The topological polar surface area (TPSA) is 0 Å². The van der Waals surface area contributed by atoms with Crippen LogP contribution in [0.4, 0.5) is 0 Å². The Hall–Kier alpha value is -1.86. The first-order valence-electron chi connectivity index (χ1n) is 7.76. The van der Waals surface area contributed by atoms with E-state index in [1.54, 1.807) is 0 Å². The summed E-state index contributed by atoms with van der Waals surface area (Å²) >= 11 is 0. The van der Waals surface area contributed by atoms with Crippen molar-refractivity contribution in [3.05, 3.63) is 95.6 Å². The summed E-state index contributed by atoms with van der Waals surface area (Å²) in [5.41, 5.74) is 4.18. The van der Waals surface area contributed by atoms with E-state index in [4.69, 9.17) is 0 Å². The molecule has 0 aliphatic heterocycles. The van der Waals surface area contributed by atoms with Crippen LogP contribution in [-0.4, -0.2) is 0 Å². The van der Waals surface area contributed by atoms with E-state index in [1.807, 2.05) is 0 Å². The number of rotatable bonds is 1. The van der Waals surface area contributed by atoms with Crippen molar-refractivity contribution in [3.8, 4) is 0 Å². The quantitative estimate of drug-likeness (QED) is 0.248. The predicted octanol–water partition coefficient (Wildman–Crippen LogP) is 5.87. The van der Waals surface area contributed by atoms with E-state index in [2.05, 4.69) is 84.9 Å². The molecule has 1 aliphatic rings. The standard InChI is InChI=1S/C22H15.Hf/c1-3-8-17-15(6-1)12-13-21(17)20-11-5-10-19-18-9-4-2-7-16(18)14-22(19)20;/h1-14,21H;/q-1;. The van der Waals surface area contributed by atoms with Gasteiger partial charge in [0, 0.05) is 31.8 Å². The largest absolute Gasteiger partial charge is 0.126 e. The average molecular weight is 458 g/mol. The third kappa shape index (κ3) is 2.18. The second kappa shape index (κ2) is 5.65. The molecule has 0 bridgehead atoms. The van der Waals surface area contributed by atoms with Gasteiger partial charge in [-0.1, -0.05) is 78.4 Å². The van der Waals surface area contributed by atoms with Gasteiger partial charge in [-0.15, -0.1) is 33.7 Å². The molecule has 1 heteroatoms. The number of benzene rings is 3. The molecule has 0 amide bonds. The van der Waals surface area contributed by atoms with Gasteiger partial charge in [0.2, 0.25) is 0 Å². The van der Waals surface area contributed by atoms with Crippen molar-refractivity contribution < 1.29 is 25.8 Å². The number of allylic oxidation sites excluding steroid dienone is 1. The second-order valence-corrected chi connectivity index (χ2v) is 6.01. The van der Waals surface area contributed by atoms with Gasteiger partial charge in [-0.3, -0.25) is 0 Å². The van der Waals surface area contributed by atoms with Crippen LogP contribution >= 0.6 is 0 Å². The summed E-state index contributed by atoms with van der Waals surface area (Å²) in [4.78, 5) is 0. The van der Waals surface area contributed by atoms with Crippen LogP contribution in [0.2, 0.25) is 0 Å². The molecule has 0 aromatic heterocycles. The van der Waals surface area contributed by atoms with Crippen LogP contribution in [0.15, 0.2) is 78.9 Å². The van der Waals surface area contributed by atoms with E-state index >= 15 is 0 Å². The molecule has 4 aromatic carbocycles. The van der Waals surface area contributed by atoms with Crippen molar-refractivity contribution in [2.24, 2.45) is 0 Å². The molecule has 0 fully saturated rings. The first-order chi connectivity index (χ1) is 10.9. The van der Waals surface area contributed by atoms with E-state index < -0.39 is 0 Å². The van der Waals surface area contributed by atoms with Crippen LogP contribution in [0.3, 0.4) is 0 Å². The van der Waals surface area contributed by atoms with Gasteiger partial charge in [0.25, 0.3) is 0 Å². The minimum absolute atomic E-state index is 0. The maximum atomic E-state index is 2.34. The van der Waals surface area contributed by atoms with Crippen LogP contribution in [0, 0.1) is 0 Å². The molecule has 1 aliphatic carbocycles. The maximum absolute atomic E-state index is 2.34.